The number of rotatable bonds is 5. The molecule has 2 aliphatic heterocycles. The summed E-state index contributed by atoms with van der Waals surface area (Å²) >= 11 is 0. The lowest BCUT2D eigenvalue weighted by atomic mass is 9.60. The van der Waals surface area contributed by atoms with Gasteiger partial charge in [0.05, 0.1) is 23.3 Å². The molecule has 0 saturated heterocycles. The number of aryl methyl sites for hydroxylation is 1. The monoisotopic (exact) mass is 676 g/mol. The van der Waals surface area contributed by atoms with Crippen molar-refractivity contribution in [3.8, 4) is 0 Å². The van der Waals surface area contributed by atoms with E-state index in [9.17, 15) is 17.6 Å². The number of anilines is 1. The number of carbonyl (C=O) groups excluding carboxylic acids is 1. The number of nitrogens with zero attached hydrogens (tertiary/aromatic N) is 6. The summed E-state index contributed by atoms with van der Waals surface area (Å²) in [4.78, 5) is 19.2. The number of halogens is 3. The molecular weight excluding hydrogens is 641 g/mol. The van der Waals surface area contributed by atoms with Gasteiger partial charge in [0.2, 0.25) is 0 Å². The van der Waals surface area contributed by atoms with Crippen molar-refractivity contribution in [1.29, 1.82) is 0 Å². The van der Waals surface area contributed by atoms with Gasteiger partial charge in [-0.25, -0.2) is 12.8 Å². The molecule has 13 heteroatoms. The first kappa shape index (κ1) is 31.1. The second kappa shape index (κ2) is 10.9. The summed E-state index contributed by atoms with van der Waals surface area (Å²) in [5.41, 5.74) is 0.460. The maximum atomic E-state index is 16.3. The summed E-state index contributed by atoms with van der Waals surface area (Å²) in [6.07, 6.45) is 9.23. The number of ketones is 1. The highest BCUT2D eigenvalue weighted by molar-refractivity contribution is 7.89. The molecule has 3 aliphatic carbocycles. The van der Waals surface area contributed by atoms with Gasteiger partial charge in [0, 0.05) is 37.1 Å². The molecule has 0 unspecified atom stereocenters. The number of hydrazine groups is 1. The van der Waals surface area contributed by atoms with Crippen molar-refractivity contribution in [2.75, 3.05) is 11.6 Å². The van der Waals surface area contributed by atoms with E-state index in [1.165, 1.54) is 52.3 Å². The van der Waals surface area contributed by atoms with Crippen molar-refractivity contribution < 1.29 is 26.4 Å². The van der Waals surface area contributed by atoms with Gasteiger partial charge >= 0.3 is 5.92 Å². The molecule has 250 valence electrons. The van der Waals surface area contributed by atoms with E-state index in [4.69, 9.17) is 0 Å². The Labute approximate surface area is 277 Å². The Morgan fingerprint density at radius 2 is 1.79 bits per heavy atom. The van der Waals surface area contributed by atoms with Crippen LogP contribution in [-0.4, -0.2) is 56.9 Å². The maximum absolute atomic E-state index is 16.3. The van der Waals surface area contributed by atoms with E-state index in [2.05, 4.69) is 16.7 Å². The largest absolute Gasteiger partial charge is 0.314 e. The predicted octanol–water partition coefficient (Wildman–Crippen LogP) is 6.25. The molecule has 0 radical (unpaired) electrons. The van der Waals surface area contributed by atoms with E-state index < -0.39 is 50.3 Å². The van der Waals surface area contributed by atoms with Gasteiger partial charge in [-0.05, 0) is 92.6 Å². The minimum atomic E-state index is -4.03. The first-order valence-corrected chi connectivity index (χ1v) is 17.7. The molecule has 1 aromatic carbocycles. The van der Waals surface area contributed by atoms with Crippen LogP contribution in [0.25, 0.3) is 0 Å². The fraction of sp³-hybridized carbons (Fsp3) is 0.400. The molecule has 48 heavy (non-hydrogen) atoms. The number of hydrogen-bond acceptors (Lipinski definition) is 7. The Bertz CT molecular complexity index is 2020. The minimum absolute atomic E-state index is 0.0327. The highest BCUT2D eigenvalue weighted by Gasteiger charge is 2.56. The maximum Gasteiger partial charge on any atom is 0.314 e. The number of carbonyl (C=O) groups is 1. The highest BCUT2D eigenvalue weighted by Crippen LogP contribution is 2.56. The average molecular weight is 677 g/mol. The van der Waals surface area contributed by atoms with Gasteiger partial charge in [0.25, 0.3) is 10.0 Å². The van der Waals surface area contributed by atoms with E-state index >= 15 is 8.78 Å². The summed E-state index contributed by atoms with van der Waals surface area (Å²) in [7, 11) is -2.36. The van der Waals surface area contributed by atoms with Crippen molar-refractivity contribution in [3.05, 3.63) is 107 Å². The Morgan fingerprint density at radius 1 is 1.04 bits per heavy atom. The quantitative estimate of drug-likeness (QED) is 0.316. The van der Waals surface area contributed by atoms with E-state index in [1.54, 1.807) is 22.6 Å². The zero-order valence-corrected chi connectivity index (χ0v) is 27.3. The Morgan fingerprint density at radius 3 is 2.50 bits per heavy atom. The lowest BCUT2D eigenvalue weighted by Gasteiger charge is -2.48. The smallest absolute Gasteiger partial charge is 0.291 e. The number of benzene rings is 1. The molecule has 2 aromatic heterocycles. The summed E-state index contributed by atoms with van der Waals surface area (Å²) in [6.45, 7) is 3.89. The molecule has 2 atom stereocenters. The van der Waals surface area contributed by atoms with E-state index in [-0.39, 0.29) is 36.1 Å². The van der Waals surface area contributed by atoms with E-state index in [0.29, 0.717) is 37.1 Å². The molecule has 5 bridgehead atoms. The number of Topliss-reactive ketones (excluding diaryl/α,β-unsaturated/α-hetero) is 1. The van der Waals surface area contributed by atoms with Crippen molar-refractivity contribution in [3.63, 3.8) is 0 Å². The average Bonchev–Trinajstić information content (AvgIpc) is 3.84. The van der Waals surface area contributed by atoms with Crippen LogP contribution in [0.3, 0.4) is 0 Å². The molecule has 4 heterocycles. The van der Waals surface area contributed by atoms with Crippen molar-refractivity contribution in [2.24, 2.45) is 12.5 Å². The number of pyridine rings is 1. The van der Waals surface area contributed by atoms with Crippen LogP contribution in [-0.2, 0) is 23.0 Å². The molecule has 0 amide bonds. The van der Waals surface area contributed by atoms with Gasteiger partial charge in [0.15, 0.2) is 10.8 Å². The summed E-state index contributed by atoms with van der Waals surface area (Å²) in [5.74, 6) is -4.42. The van der Waals surface area contributed by atoms with Crippen LogP contribution in [0.4, 0.5) is 18.9 Å². The lowest BCUT2D eigenvalue weighted by molar-refractivity contribution is 0.00894. The summed E-state index contributed by atoms with van der Waals surface area (Å²) in [5, 5.41) is 7.27. The third-order valence-electron chi connectivity index (χ3n) is 10.8. The van der Waals surface area contributed by atoms with Crippen LogP contribution in [0.2, 0.25) is 0 Å². The standard InChI is InChI=1S/C35H35F3N6O3S/c1-22-35(37,38)25-13-15-39-30(17-25)33(45)34-19-23-21-42(22)43(27-11-8-26(36)9-12-27)31(23)18-24(34)7-10-29(20-34)44(28-5-3-4-6-28)48(46,47)32-14-16-41(2)40-32/h8-9,11-18,28-29H,1,3-7,10,19-21H2,2H3/t29-,34-/m0/s1. The molecule has 9 nitrogen and oxygen atoms in total. The van der Waals surface area contributed by atoms with Crippen LogP contribution < -0.4 is 5.01 Å². The van der Waals surface area contributed by atoms with Crippen LogP contribution in [0.1, 0.15) is 67.4 Å². The second-order valence-electron chi connectivity index (χ2n) is 13.5. The Hall–Kier alpha value is -4.23. The third kappa shape index (κ3) is 4.61. The molecule has 2 saturated carbocycles. The Balaban J connectivity index is 1.29. The first-order valence-electron chi connectivity index (χ1n) is 16.3. The van der Waals surface area contributed by atoms with Gasteiger partial charge in [0.1, 0.15) is 17.2 Å². The van der Waals surface area contributed by atoms with Crippen LogP contribution in [0, 0.1) is 11.2 Å². The molecule has 1 spiro atoms. The number of hydrogen-bond donors (Lipinski definition) is 0. The molecular formula is C35H35F3N6O3S. The molecule has 8 rings (SSSR count). The van der Waals surface area contributed by atoms with Gasteiger partial charge in [-0.3, -0.25) is 24.5 Å². The summed E-state index contributed by atoms with van der Waals surface area (Å²) in [6, 6.07) is 8.69. The Kier molecular flexibility index (Phi) is 7.05. The number of aromatic nitrogens is 3. The fourth-order valence-corrected chi connectivity index (χ4v) is 10.3. The van der Waals surface area contributed by atoms with Crippen LogP contribution in [0.5, 0.6) is 0 Å². The van der Waals surface area contributed by atoms with E-state index in [1.807, 2.05) is 6.08 Å². The number of fused-ring (bicyclic) bond motifs is 3. The molecule has 3 aromatic rings. The molecule has 2 fully saturated rings. The number of allylic oxidation sites excluding steroid dienone is 3. The topological polar surface area (TPSA) is 91.6 Å². The zero-order valence-electron chi connectivity index (χ0n) is 26.4. The fourth-order valence-electron chi connectivity index (χ4n) is 8.47. The SMILES string of the molecule is C=C1N2CC3=C(C=C4CC[C@H](N(C5CCCC5)S(=O)(=O)c5ccn(C)n5)C[C@]4(C3)C(=O)c3cc(ccn3)C1(F)F)N2c1ccc(F)cc1. The number of alkyl halides is 2. The van der Waals surface area contributed by atoms with Crippen molar-refractivity contribution in [1.82, 2.24) is 24.1 Å². The van der Waals surface area contributed by atoms with E-state index in [0.717, 1.165) is 30.1 Å². The lowest BCUT2D eigenvalue weighted by Crippen LogP contribution is -2.53. The molecule has 5 aliphatic rings. The molecule has 0 N–H and O–H groups in total. The van der Waals surface area contributed by atoms with Crippen molar-refractivity contribution in [2.45, 2.75) is 74.4 Å². The van der Waals surface area contributed by atoms with Crippen LogP contribution >= 0.6 is 0 Å². The van der Waals surface area contributed by atoms with Gasteiger partial charge in [-0.1, -0.05) is 25.0 Å². The third-order valence-corrected chi connectivity index (χ3v) is 12.7. The number of sulfonamides is 1. The normalized spacial score (nSPS) is 25.5. The first-order chi connectivity index (χ1) is 22.9. The summed E-state index contributed by atoms with van der Waals surface area (Å²) < 4.78 is 78.3. The highest BCUT2D eigenvalue weighted by atomic mass is 32.2. The minimum Gasteiger partial charge on any atom is -0.291 e. The van der Waals surface area contributed by atoms with Gasteiger partial charge in [-0.15, -0.1) is 0 Å². The van der Waals surface area contributed by atoms with Gasteiger partial charge < -0.3 is 0 Å². The zero-order chi connectivity index (χ0) is 33.6. The second-order valence-corrected chi connectivity index (χ2v) is 15.3. The van der Waals surface area contributed by atoms with Gasteiger partial charge in [-0.2, -0.15) is 18.2 Å². The van der Waals surface area contributed by atoms with Crippen LogP contribution in [0.15, 0.2) is 95.1 Å². The predicted molar refractivity (Wildman–Crippen MR) is 171 cm³/mol. The van der Waals surface area contributed by atoms with Crippen molar-refractivity contribution >= 4 is 21.5 Å².